The van der Waals surface area contributed by atoms with Crippen molar-refractivity contribution in [2.75, 3.05) is 11.5 Å². The molecule has 0 saturated carbocycles. The molecular formula is C14H15ClN2O4S2. The number of sulfonamides is 2. The molecule has 6 nitrogen and oxygen atoms in total. The molecule has 124 valence electrons. The van der Waals surface area contributed by atoms with Crippen molar-refractivity contribution in [1.82, 2.24) is 0 Å². The lowest BCUT2D eigenvalue weighted by molar-refractivity contribution is 0.597. The minimum absolute atomic E-state index is 0.0331. The van der Waals surface area contributed by atoms with E-state index in [4.69, 9.17) is 11.6 Å². The van der Waals surface area contributed by atoms with Crippen LogP contribution in [-0.2, 0) is 20.0 Å². The highest BCUT2D eigenvalue weighted by molar-refractivity contribution is 7.90. The smallest absolute Gasteiger partial charge is 0.205 e. The van der Waals surface area contributed by atoms with Gasteiger partial charge in [0.05, 0.1) is 22.2 Å². The quantitative estimate of drug-likeness (QED) is 0.806. The lowest BCUT2D eigenvalue weighted by atomic mass is 9.94. The zero-order valence-corrected chi connectivity index (χ0v) is 14.9. The van der Waals surface area contributed by atoms with Crippen LogP contribution in [0.2, 0.25) is 0 Å². The normalized spacial score (nSPS) is 18.8. The first kappa shape index (κ1) is 17.8. The maximum atomic E-state index is 11.8. The number of benzene rings is 1. The van der Waals surface area contributed by atoms with Crippen molar-refractivity contribution in [2.24, 2.45) is 8.80 Å². The molecule has 9 heteroatoms. The Morgan fingerprint density at radius 3 is 2.00 bits per heavy atom. The predicted molar refractivity (Wildman–Crippen MR) is 92.4 cm³/mol. The second kappa shape index (κ2) is 6.54. The number of nitrogens with zero attached hydrogens (tertiary/aromatic N) is 2. The Kier molecular flexibility index (Phi) is 5.07. The Bertz CT molecular complexity index is 929. The number of allylic oxidation sites excluding steroid dienone is 2. The molecule has 0 bridgehead atoms. The van der Waals surface area contributed by atoms with E-state index in [9.17, 15) is 16.8 Å². The largest absolute Gasteiger partial charge is 0.253 e. The van der Waals surface area contributed by atoms with Gasteiger partial charge in [-0.05, 0) is 19.9 Å². The van der Waals surface area contributed by atoms with Crippen molar-refractivity contribution in [3.8, 4) is 0 Å². The first-order valence-electron chi connectivity index (χ1n) is 6.81. The SMILES string of the molecule is CCS(=O)(=O)/N=C1C=C(Cl)/C(=N/S(=O)(=O)CC)c2ccccc2\1. The molecule has 1 aliphatic rings. The summed E-state index contributed by atoms with van der Waals surface area (Å²) in [5, 5.41) is 0.0331. The minimum atomic E-state index is -3.65. The summed E-state index contributed by atoms with van der Waals surface area (Å²) in [7, 11) is -7.26. The summed E-state index contributed by atoms with van der Waals surface area (Å²) in [5.41, 5.74) is 1.17. The van der Waals surface area contributed by atoms with Crippen LogP contribution in [0.4, 0.5) is 0 Å². The number of fused-ring (bicyclic) bond motifs is 1. The van der Waals surface area contributed by atoms with Gasteiger partial charge in [0.25, 0.3) is 20.0 Å². The molecule has 0 heterocycles. The van der Waals surface area contributed by atoms with E-state index in [0.717, 1.165) is 0 Å². The van der Waals surface area contributed by atoms with Gasteiger partial charge in [0, 0.05) is 11.1 Å². The molecule has 0 fully saturated rings. The molecule has 0 aliphatic heterocycles. The fraction of sp³-hybridized carbons (Fsp3) is 0.286. The summed E-state index contributed by atoms with van der Waals surface area (Å²) in [6.45, 7) is 2.96. The van der Waals surface area contributed by atoms with Gasteiger partial charge < -0.3 is 0 Å². The van der Waals surface area contributed by atoms with Crippen molar-refractivity contribution >= 4 is 43.1 Å². The summed E-state index contributed by atoms with van der Waals surface area (Å²) >= 11 is 6.13. The molecule has 0 N–H and O–H groups in total. The molecule has 2 rings (SSSR count). The fourth-order valence-corrected chi connectivity index (χ4v) is 3.38. The molecule has 1 aromatic carbocycles. The lowest BCUT2D eigenvalue weighted by Crippen LogP contribution is -2.19. The number of hydrogen-bond acceptors (Lipinski definition) is 4. The van der Waals surface area contributed by atoms with Gasteiger partial charge in [0.15, 0.2) is 0 Å². The molecule has 0 spiro atoms. The zero-order valence-electron chi connectivity index (χ0n) is 12.5. The van der Waals surface area contributed by atoms with E-state index in [-0.39, 0.29) is 28.0 Å². The van der Waals surface area contributed by atoms with Gasteiger partial charge in [0.1, 0.15) is 5.71 Å². The topological polar surface area (TPSA) is 93.0 Å². The van der Waals surface area contributed by atoms with Crippen LogP contribution in [0.15, 0.2) is 44.2 Å². The van der Waals surface area contributed by atoms with Gasteiger partial charge in [-0.3, -0.25) is 0 Å². The molecular weight excluding hydrogens is 360 g/mol. The predicted octanol–water partition coefficient (Wildman–Crippen LogP) is 2.10. The third-order valence-corrected chi connectivity index (χ3v) is 5.83. The first-order chi connectivity index (χ1) is 10.7. The molecule has 0 aromatic heterocycles. The maximum absolute atomic E-state index is 11.8. The van der Waals surface area contributed by atoms with Gasteiger partial charge in [-0.25, -0.2) is 16.8 Å². The van der Waals surface area contributed by atoms with Crippen LogP contribution >= 0.6 is 11.6 Å². The summed E-state index contributed by atoms with van der Waals surface area (Å²) in [5.74, 6) is -0.302. The zero-order chi connectivity index (χ0) is 17.3. The van der Waals surface area contributed by atoms with Crippen molar-refractivity contribution in [1.29, 1.82) is 0 Å². The monoisotopic (exact) mass is 374 g/mol. The fourth-order valence-electron chi connectivity index (χ4n) is 1.89. The van der Waals surface area contributed by atoms with E-state index in [1.807, 2.05) is 0 Å². The third kappa shape index (κ3) is 4.07. The summed E-state index contributed by atoms with van der Waals surface area (Å²) in [6.07, 6.45) is 1.32. The van der Waals surface area contributed by atoms with Crippen LogP contribution in [0.1, 0.15) is 25.0 Å². The molecule has 0 radical (unpaired) electrons. The third-order valence-electron chi connectivity index (χ3n) is 3.15. The standard InChI is InChI=1S/C14H15ClN2O4S2/c1-3-22(18,19)16-13-9-12(15)14(17-23(20,21)4-2)11-8-6-5-7-10(11)13/h5-9H,3-4H2,1-2H3/b16-13+,17-14+. The van der Waals surface area contributed by atoms with Crippen molar-refractivity contribution in [2.45, 2.75) is 13.8 Å². The molecule has 0 atom stereocenters. The Morgan fingerprint density at radius 2 is 1.43 bits per heavy atom. The highest BCUT2D eigenvalue weighted by atomic mass is 35.5. The molecule has 1 aromatic rings. The van der Waals surface area contributed by atoms with E-state index in [1.54, 1.807) is 24.3 Å². The Morgan fingerprint density at radius 1 is 0.913 bits per heavy atom. The molecule has 0 saturated heterocycles. The van der Waals surface area contributed by atoms with Crippen molar-refractivity contribution < 1.29 is 16.8 Å². The molecule has 23 heavy (non-hydrogen) atoms. The minimum Gasteiger partial charge on any atom is -0.205 e. The van der Waals surface area contributed by atoms with E-state index in [2.05, 4.69) is 8.80 Å². The summed E-state index contributed by atoms with van der Waals surface area (Å²) in [6, 6.07) is 6.66. The average molecular weight is 375 g/mol. The Balaban J connectivity index is 2.73. The Labute approximate surface area is 140 Å². The van der Waals surface area contributed by atoms with Crippen LogP contribution in [-0.4, -0.2) is 39.8 Å². The Hall–Kier alpha value is -1.51. The molecule has 0 unspecified atom stereocenters. The van der Waals surface area contributed by atoms with Crippen LogP contribution in [0.3, 0.4) is 0 Å². The van der Waals surface area contributed by atoms with Gasteiger partial charge >= 0.3 is 0 Å². The summed E-state index contributed by atoms with van der Waals surface area (Å²) < 4.78 is 54.6. The second-order valence-corrected chi connectivity index (χ2v) is 8.95. The second-order valence-electron chi connectivity index (χ2n) is 4.70. The molecule has 1 aliphatic carbocycles. The van der Waals surface area contributed by atoms with Crippen molar-refractivity contribution in [3.05, 3.63) is 46.5 Å². The molecule has 0 amide bonds. The van der Waals surface area contributed by atoms with Crippen LogP contribution in [0.25, 0.3) is 0 Å². The maximum Gasteiger partial charge on any atom is 0.253 e. The van der Waals surface area contributed by atoms with E-state index >= 15 is 0 Å². The van der Waals surface area contributed by atoms with Gasteiger partial charge in [-0.1, -0.05) is 35.9 Å². The van der Waals surface area contributed by atoms with E-state index < -0.39 is 20.0 Å². The van der Waals surface area contributed by atoms with Crippen LogP contribution in [0.5, 0.6) is 0 Å². The number of rotatable bonds is 4. The van der Waals surface area contributed by atoms with Crippen LogP contribution in [0, 0.1) is 0 Å². The van der Waals surface area contributed by atoms with Gasteiger partial charge in [0.2, 0.25) is 0 Å². The van der Waals surface area contributed by atoms with Crippen LogP contribution < -0.4 is 0 Å². The van der Waals surface area contributed by atoms with Gasteiger partial charge in [-0.2, -0.15) is 8.80 Å². The number of halogens is 1. The van der Waals surface area contributed by atoms with Crippen molar-refractivity contribution in [3.63, 3.8) is 0 Å². The average Bonchev–Trinajstić information content (AvgIpc) is 2.51. The first-order valence-corrected chi connectivity index (χ1v) is 10.4. The lowest BCUT2D eigenvalue weighted by Gasteiger charge is -2.17. The highest BCUT2D eigenvalue weighted by Gasteiger charge is 2.24. The highest BCUT2D eigenvalue weighted by Crippen LogP contribution is 2.26. The summed E-state index contributed by atoms with van der Waals surface area (Å²) in [4.78, 5) is 0. The number of hydrogen-bond donors (Lipinski definition) is 0. The van der Waals surface area contributed by atoms with E-state index in [1.165, 1.54) is 19.9 Å². The van der Waals surface area contributed by atoms with E-state index in [0.29, 0.717) is 11.1 Å². The van der Waals surface area contributed by atoms with Gasteiger partial charge in [-0.15, -0.1) is 0 Å².